The van der Waals surface area contributed by atoms with Gasteiger partial charge in [0.15, 0.2) is 0 Å². The molecular weight excluding hydrogens is 234 g/mol. The van der Waals surface area contributed by atoms with Crippen LogP contribution in [0.2, 0.25) is 0 Å². The number of likely N-dealkylation sites (N-methyl/N-ethyl adjacent to an activating group) is 1. The van der Waals surface area contributed by atoms with Crippen LogP contribution in [0.1, 0.15) is 6.92 Å². The summed E-state index contributed by atoms with van der Waals surface area (Å²) in [7, 11) is 5.40. The van der Waals surface area contributed by atoms with Crippen LogP contribution in [0.5, 0.6) is 0 Å². The maximum Gasteiger partial charge on any atom is 0.237 e. The van der Waals surface area contributed by atoms with Crippen LogP contribution in [0.15, 0.2) is 0 Å². The summed E-state index contributed by atoms with van der Waals surface area (Å²) in [4.78, 5) is 27.2. The molecule has 0 aliphatic heterocycles. The molecule has 0 fully saturated rings. The third kappa shape index (κ3) is 3.44. The summed E-state index contributed by atoms with van der Waals surface area (Å²) in [5.74, 6) is 0.980. The normalized spacial score (nSPS) is 10.0. The van der Waals surface area contributed by atoms with Crippen molar-refractivity contribution in [1.82, 2.24) is 15.0 Å². The molecule has 1 rings (SSSR count). The number of primary amides is 1. The lowest BCUT2D eigenvalue weighted by molar-refractivity contribution is -0.116. The monoisotopic (exact) mass is 253 g/mol. The third-order valence-electron chi connectivity index (χ3n) is 2.25. The Hall–Kier alpha value is -2.12. The molecule has 1 aromatic heterocycles. The SMILES string of the molecule is CCN(CC(N)=O)c1nc(NC)nc(N(C)C)n1. The minimum absolute atomic E-state index is 0.0799. The quantitative estimate of drug-likeness (QED) is 0.690. The lowest BCUT2D eigenvalue weighted by Gasteiger charge is -2.21. The number of nitrogens with two attached hydrogens (primary N) is 1. The van der Waals surface area contributed by atoms with Gasteiger partial charge in [-0.15, -0.1) is 0 Å². The van der Waals surface area contributed by atoms with E-state index >= 15 is 0 Å². The topological polar surface area (TPSA) is 100 Å². The van der Waals surface area contributed by atoms with E-state index in [0.717, 1.165) is 0 Å². The second kappa shape index (κ2) is 5.99. The van der Waals surface area contributed by atoms with Gasteiger partial charge in [-0.25, -0.2) is 0 Å². The number of carbonyl (C=O) groups excluding carboxylic acids is 1. The molecule has 8 nitrogen and oxygen atoms in total. The highest BCUT2D eigenvalue weighted by Crippen LogP contribution is 2.14. The van der Waals surface area contributed by atoms with Crippen LogP contribution >= 0.6 is 0 Å². The Morgan fingerprint density at radius 1 is 1.28 bits per heavy atom. The van der Waals surface area contributed by atoms with E-state index in [9.17, 15) is 4.79 Å². The molecule has 0 atom stereocenters. The Kier molecular flexibility index (Phi) is 4.64. The highest BCUT2D eigenvalue weighted by molar-refractivity contribution is 5.78. The van der Waals surface area contributed by atoms with Crippen LogP contribution in [-0.2, 0) is 4.79 Å². The number of carbonyl (C=O) groups is 1. The van der Waals surface area contributed by atoms with Gasteiger partial charge in [-0.1, -0.05) is 0 Å². The van der Waals surface area contributed by atoms with E-state index in [4.69, 9.17) is 5.73 Å². The first-order chi connectivity index (χ1) is 8.47. The second-order valence-corrected chi connectivity index (χ2v) is 3.88. The second-order valence-electron chi connectivity index (χ2n) is 3.88. The van der Waals surface area contributed by atoms with E-state index < -0.39 is 5.91 Å². The molecular formula is C10H19N7O. The van der Waals surface area contributed by atoms with Gasteiger partial charge < -0.3 is 20.9 Å². The smallest absolute Gasteiger partial charge is 0.237 e. The molecule has 1 amide bonds. The molecule has 0 aliphatic rings. The van der Waals surface area contributed by atoms with Gasteiger partial charge in [-0.3, -0.25) is 4.79 Å². The number of hydrogen-bond acceptors (Lipinski definition) is 7. The number of nitrogens with zero attached hydrogens (tertiary/aromatic N) is 5. The van der Waals surface area contributed by atoms with Gasteiger partial charge in [-0.2, -0.15) is 15.0 Å². The third-order valence-corrected chi connectivity index (χ3v) is 2.25. The van der Waals surface area contributed by atoms with Gasteiger partial charge in [0.05, 0.1) is 6.54 Å². The van der Waals surface area contributed by atoms with Crippen LogP contribution in [0, 0.1) is 0 Å². The minimum atomic E-state index is -0.422. The van der Waals surface area contributed by atoms with Gasteiger partial charge in [0.2, 0.25) is 23.8 Å². The minimum Gasteiger partial charge on any atom is -0.368 e. The van der Waals surface area contributed by atoms with Crippen LogP contribution in [0.3, 0.4) is 0 Å². The molecule has 3 N–H and O–H groups in total. The Morgan fingerprint density at radius 2 is 1.89 bits per heavy atom. The fraction of sp³-hybridized carbons (Fsp3) is 0.600. The number of hydrogen-bond donors (Lipinski definition) is 2. The van der Waals surface area contributed by atoms with E-state index in [1.54, 1.807) is 16.8 Å². The zero-order valence-electron chi connectivity index (χ0n) is 11.1. The predicted octanol–water partition coefficient (Wildman–Crippen LogP) is -0.709. The van der Waals surface area contributed by atoms with Crippen molar-refractivity contribution in [1.29, 1.82) is 0 Å². The number of rotatable bonds is 6. The lowest BCUT2D eigenvalue weighted by atomic mass is 10.5. The van der Waals surface area contributed by atoms with Gasteiger partial charge >= 0.3 is 0 Å². The van der Waals surface area contributed by atoms with Crippen molar-refractivity contribution in [3.05, 3.63) is 0 Å². The predicted molar refractivity (Wildman–Crippen MR) is 70.8 cm³/mol. The Balaban J connectivity index is 3.12. The van der Waals surface area contributed by atoms with Crippen molar-refractivity contribution in [3.8, 4) is 0 Å². The Bertz CT molecular complexity index is 421. The fourth-order valence-corrected chi connectivity index (χ4v) is 1.32. The summed E-state index contributed by atoms with van der Waals surface area (Å²) in [6.07, 6.45) is 0. The largest absolute Gasteiger partial charge is 0.368 e. The van der Waals surface area contributed by atoms with E-state index in [1.165, 1.54) is 0 Å². The average molecular weight is 253 g/mol. The van der Waals surface area contributed by atoms with Crippen LogP contribution in [0.4, 0.5) is 17.8 Å². The van der Waals surface area contributed by atoms with E-state index in [2.05, 4.69) is 20.3 Å². The van der Waals surface area contributed by atoms with Crippen LogP contribution in [-0.4, -0.2) is 55.1 Å². The average Bonchev–Trinajstić information content (AvgIpc) is 2.34. The maximum absolute atomic E-state index is 11.0. The molecule has 0 unspecified atom stereocenters. The number of amides is 1. The van der Waals surface area contributed by atoms with Crippen molar-refractivity contribution in [3.63, 3.8) is 0 Å². The summed E-state index contributed by atoms with van der Waals surface area (Å²) >= 11 is 0. The number of nitrogens with one attached hydrogen (secondary N) is 1. The van der Waals surface area contributed by atoms with Crippen molar-refractivity contribution in [2.75, 3.05) is 49.3 Å². The van der Waals surface area contributed by atoms with Gasteiger partial charge in [-0.05, 0) is 6.92 Å². The molecule has 8 heteroatoms. The summed E-state index contributed by atoms with van der Waals surface area (Å²) in [5, 5.41) is 2.86. The first-order valence-electron chi connectivity index (χ1n) is 5.62. The Morgan fingerprint density at radius 3 is 2.33 bits per heavy atom. The maximum atomic E-state index is 11.0. The zero-order valence-corrected chi connectivity index (χ0v) is 11.1. The summed E-state index contributed by atoms with van der Waals surface area (Å²) in [6, 6.07) is 0. The molecule has 0 aromatic carbocycles. The van der Waals surface area contributed by atoms with Crippen molar-refractivity contribution < 1.29 is 4.79 Å². The molecule has 100 valence electrons. The van der Waals surface area contributed by atoms with Crippen molar-refractivity contribution >= 4 is 23.8 Å². The molecule has 1 heterocycles. The summed E-state index contributed by atoms with van der Waals surface area (Å²) in [6.45, 7) is 2.57. The molecule has 18 heavy (non-hydrogen) atoms. The first kappa shape index (κ1) is 13.9. The first-order valence-corrected chi connectivity index (χ1v) is 5.62. The fourth-order valence-electron chi connectivity index (χ4n) is 1.32. The molecule has 0 bridgehead atoms. The summed E-state index contributed by atoms with van der Waals surface area (Å²) in [5.41, 5.74) is 5.20. The van der Waals surface area contributed by atoms with E-state index in [0.29, 0.717) is 24.4 Å². The Labute approximate surface area is 106 Å². The molecule has 0 radical (unpaired) electrons. The van der Waals surface area contributed by atoms with Gasteiger partial charge in [0, 0.05) is 27.7 Å². The standard InChI is InChI=1S/C10H19N7O/c1-5-17(6-7(11)18)10-14-8(12-2)13-9(15-10)16(3)4/h5-6H2,1-4H3,(H2,11,18)(H,12,13,14,15). The van der Waals surface area contributed by atoms with Gasteiger partial charge in [0.1, 0.15) is 0 Å². The van der Waals surface area contributed by atoms with Crippen LogP contribution in [0.25, 0.3) is 0 Å². The molecule has 0 spiro atoms. The number of aromatic nitrogens is 3. The molecule has 0 saturated heterocycles. The van der Waals surface area contributed by atoms with Gasteiger partial charge in [0.25, 0.3) is 0 Å². The summed E-state index contributed by atoms with van der Waals surface area (Å²) < 4.78 is 0. The molecule has 1 aromatic rings. The lowest BCUT2D eigenvalue weighted by Crippen LogP contribution is -2.35. The van der Waals surface area contributed by atoms with Crippen LogP contribution < -0.4 is 20.9 Å². The highest BCUT2D eigenvalue weighted by atomic mass is 16.1. The molecule has 0 saturated carbocycles. The zero-order chi connectivity index (χ0) is 13.7. The number of anilines is 3. The van der Waals surface area contributed by atoms with Crippen molar-refractivity contribution in [2.45, 2.75) is 6.92 Å². The highest BCUT2D eigenvalue weighted by Gasteiger charge is 2.14. The van der Waals surface area contributed by atoms with E-state index in [-0.39, 0.29) is 6.54 Å². The van der Waals surface area contributed by atoms with Crippen molar-refractivity contribution in [2.24, 2.45) is 5.73 Å². The van der Waals surface area contributed by atoms with E-state index in [1.807, 2.05) is 21.0 Å². The molecule has 0 aliphatic carbocycles.